The van der Waals surface area contributed by atoms with E-state index in [1.807, 2.05) is 6.07 Å². The maximum Gasteiger partial charge on any atom is 0.223 e. The number of halogens is 1. The lowest BCUT2D eigenvalue weighted by Gasteiger charge is -2.42. The Labute approximate surface area is 145 Å². The van der Waals surface area contributed by atoms with Crippen molar-refractivity contribution in [1.29, 1.82) is 5.26 Å². The van der Waals surface area contributed by atoms with E-state index in [4.69, 9.17) is 5.26 Å². The number of hydrogen-bond donors (Lipinski definition) is 1. The van der Waals surface area contributed by atoms with Gasteiger partial charge in [0, 0.05) is 20.0 Å². The van der Waals surface area contributed by atoms with Gasteiger partial charge in [0.2, 0.25) is 11.9 Å². The number of piperidine rings is 1. The highest BCUT2D eigenvalue weighted by Gasteiger charge is 2.37. The molecule has 7 heteroatoms. The summed E-state index contributed by atoms with van der Waals surface area (Å²) in [7, 11) is 0. The summed E-state index contributed by atoms with van der Waals surface area (Å²) in [5.74, 6) is 0.150. The minimum Gasteiger partial charge on any atom is -0.345 e. The predicted octanol–water partition coefficient (Wildman–Crippen LogP) is 2.44. The van der Waals surface area contributed by atoms with Crippen molar-refractivity contribution < 1.29 is 9.18 Å². The maximum absolute atomic E-state index is 13.3. The fourth-order valence-electron chi connectivity index (χ4n) is 3.12. The molecule has 0 bridgehead atoms. The standard InChI is InChI=1S/C18H18FN5O/c1-13(25)24-8-6-18(7-9-24,15-2-4-16(19)5-3-15)23-17-21-11-14(10-20)12-22-17/h2-5,11-12H,6-9H2,1H3,(H,21,22,23). The first-order valence-corrected chi connectivity index (χ1v) is 8.04. The summed E-state index contributed by atoms with van der Waals surface area (Å²) >= 11 is 0. The fraction of sp³-hybridized carbons (Fsp3) is 0.333. The van der Waals surface area contributed by atoms with E-state index in [0.717, 1.165) is 5.56 Å². The second-order valence-corrected chi connectivity index (χ2v) is 6.13. The molecule has 1 aliphatic rings. The summed E-state index contributed by atoms with van der Waals surface area (Å²) in [5, 5.41) is 12.2. The molecule has 0 spiro atoms. The van der Waals surface area contributed by atoms with E-state index in [0.29, 0.717) is 37.4 Å². The van der Waals surface area contributed by atoms with Crippen LogP contribution in [0.4, 0.5) is 10.3 Å². The highest BCUT2D eigenvalue weighted by molar-refractivity contribution is 5.73. The molecule has 1 aliphatic heterocycles. The zero-order valence-electron chi connectivity index (χ0n) is 13.9. The molecule has 25 heavy (non-hydrogen) atoms. The molecular weight excluding hydrogens is 321 g/mol. The number of nitriles is 1. The van der Waals surface area contributed by atoms with Crippen LogP contribution in [-0.4, -0.2) is 33.9 Å². The van der Waals surface area contributed by atoms with E-state index in [2.05, 4.69) is 15.3 Å². The van der Waals surface area contributed by atoms with Crippen molar-refractivity contribution in [2.24, 2.45) is 0 Å². The van der Waals surface area contributed by atoms with Crippen molar-refractivity contribution in [2.45, 2.75) is 25.3 Å². The minimum absolute atomic E-state index is 0.0438. The average molecular weight is 339 g/mol. The third-order valence-electron chi connectivity index (χ3n) is 4.59. The van der Waals surface area contributed by atoms with Crippen molar-refractivity contribution >= 4 is 11.9 Å². The number of nitrogens with one attached hydrogen (secondary N) is 1. The first-order valence-electron chi connectivity index (χ1n) is 8.04. The molecule has 0 saturated carbocycles. The van der Waals surface area contributed by atoms with E-state index in [1.165, 1.54) is 24.5 Å². The number of hydrogen-bond acceptors (Lipinski definition) is 5. The Hall–Kier alpha value is -3.01. The number of carbonyl (C=O) groups excluding carboxylic acids is 1. The number of carbonyl (C=O) groups is 1. The van der Waals surface area contributed by atoms with Crippen molar-refractivity contribution in [3.05, 3.63) is 53.6 Å². The summed E-state index contributed by atoms with van der Waals surface area (Å²) < 4.78 is 13.3. The van der Waals surface area contributed by atoms with Crippen molar-refractivity contribution in [1.82, 2.24) is 14.9 Å². The van der Waals surface area contributed by atoms with E-state index >= 15 is 0 Å². The molecule has 2 aromatic rings. The van der Waals surface area contributed by atoms with Gasteiger partial charge in [0.1, 0.15) is 11.9 Å². The van der Waals surface area contributed by atoms with Crippen LogP contribution in [-0.2, 0) is 10.3 Å². The number of aromatic nitrogens is 2. The van der Waals surface area contributed by atoms with Gasteiger partial charge in [-0.3, -0.25) is 4.79 Å². The second kappa shape index (κ2) is 6.85. The molecule has 0 unspecified atom stereocenters. The molecular formula is C18H18FN5O. The van der Waals surface area contributed by atoms with Crippen LogP contribution >= 0.6 is 0 Å². The molecule has 1 aromatic heterocycles. The zero-order chi connectivity index (χ0) is 17.9. The number of likely N-dealkylation sites (tertiary alicyclic amines) is 1. The third kappa shape index (κ3) is 3.58. The lowest BCUT2D eigenvalue weighted by molar-refractivity contribution is -0.130. The van der Waals surface area contributed by atoms with Crippen molar-refractivity contribution in [2.75, 3.05) is 18.4 Å². The molecule has 3 rings (SSSR count). The SMILES string of the molecule is CC(=O)N1CCC(Nc2ncc(C#N)cn2)(c2ccc(F)cc2)CC1. The molecule has 6 nitrogen and oxygen atoms in total. The number of rotatable bonds is 3. The molecule has 1 saturated heterocycles. The maximum atomic E-state index is 13.3. The zero-order valence-corrected chi connectivity index (χ0v) is 13.9. The van der Waals surface area contributed by atoms with Crippen LogP contribution in [0.25, 0.3) is 0 Å². The van der Waals surface area contributed by atoms with Gasteiger partial charge in [-0.2, -0.15) is 5.26 Å². The van der Waals surface area contributed by atoms with E-state index in [9.17, 15) is 9.18 Å². The lowest BCUT2D eigenvalue weighted by atomic mass is 9.81. The molecule has 1 N–H and O–H groups in total. The number of anilines is 1. The lowest BCUT2D eigenvalue weighted by Crippen LogP contribution is -2.48. The van der Waals surface area contributed by atoms with Crippen LogP contribution in [0.2, 0.25) is 0 Å². The summed E-state index contributed by atoms with van der Waals surface area (Å²) in [4.78, 5) is 21.8. The van der Waals surface area contributed by atoms with Gasteiger partial charge in [-0.25, -0.2) is 14.4 Å². The Morgan fingerprint density at radius 2 is 1.84 bits per heavy atom. The Balaban J connectivity index is 1.90. The van der Waals surface area contributed by atoms with Crippen LogP contribution in [0, 0.1) is 17.1 Å². The van der Waals surface area contributed by atoms with Gasteiger partial charge in [0.15, 0.2) is 0 Å². The van der Waals surface area contributed by atoms with Gasteiger partial charge in [0.25, 0.3) is 0 Å². The molecule has 0 aliphatic carbocycles. The Morgan fingerprint density at radius 3 is 2.36 bits per heavy atom. The van der Waals surface area contributed by atoms with E-state index < -0.39 is 5.54 Å². The van der Waals surface area contributed by atoms with E-state index in [1.54, 1.807) is 24.0 Å². The molecule has 128 valence electrons. The molecule has 1 fully saturated rings. The highest BCUT2D eigenvalue weighted by atomic mass is 19.1. The number of benzene rings is 1. The average Bonchev–Trinajstić information content (AvgIpc) is 2.63. The van der Waals surface area contributed by atoms with Gasteiger partial charge in [0.05, 0.1) is 23.5 Å². The molecule has 0 atom stereocenters. The summed E-state index contributed by atoms with van der Waals surface area (Å²) in [5.41, 5.74) is 0.811. The van der Waals surface area contributed by atoms with E-state index in [-0.39, 0.29) is 11.7 Å². The Morgan fingerprint density at radius 1 is 1.24 bits per heavy atom. The topological polar surface area (TPSA) is 81.9 Å². The van der Waals surface area contributed by atoms with Gasteiger partial charge in [-0.05, 0) is 30.5 Å². The van der Waals surface area contributed by atoms with Gasteiger partial charge < -0.3 is 10.2 Å². The monoisotopic (exact) mass is 339 g/mol. The minimum atomic E-state index is -0.492. The first-order chi connectivity index (χ1) is 12.0. The fourth-order valence-corrected chi connectivity index (χ4v) is 3.12. The van der Waals surface area contributed by atoms with Crippen molar-refractivity contribution in [3.63, 3.8) is 0 Å². The quantitative estimate of drug-likeness (QED) is 0.929. The van der Waals surface area contributed by atoms with Gasteiger partial charge in [-0.1, -0.05) is 12.1 Å². The normalized spacial score (nSPS) is 16.1. The summed E-state index contributed by atoms with van der Waals surface area (Å²) in [6, 6.07) is 8.33. The van der Waals surface area contributed by atoms with Crippen LogP contribution in [0.1, 0.15) is 30.9 Å². The molecule has 0 radical (unpaired) electrons. The van der Waals surface area contributed by atoms with Crippen LogP contribution in [0.3, 0.4) is 0 Å². The second-order valence-electron chi connectivity index (χ2n) is 6.13. The number of nitrogens with zero attached hydrogens (tertiary/aromatic N) is 4. The Kier molecular flexibility index (Phi) is 4.61. The predicted molar refractivity (Wildman–Crippen MR) is 89.9 cm³/mol. The highest BCUT2D eigenvalue weighted by Crippen LogP contribution is 2.36. The molecule has 2 heterocycles. The Bertz CT molecular complexity index is 790. The van der Waals surface area contributed by atoms with Crippen LogP contribution < -0.4 is 5.32 Å². The summed E-state index contributed by atoms with van der Waals surface area (Å²) in [6.07, 6.45) is 4.22. The molecule has 1 amide bonds. The summed E-state index contributed by atoms with van der Waals surface area (Å²) in [6.45, 7) is 2.74. The first kappa shape index (κ1) is 16.8. The van der Waals surface area contributed by atoms with Crippen LogP contribution in [0.15, 0.2) is 36.7 Å². The van der Waals surface area contributed by atoms with Crippen molar-refractivity contribution in [3.8, 4) is 6.07 Å². The largest absolute Gasteiger partial charge is 0.345 e. The molecule has 1 aromatic carbocycles. The third-order valence-corrected chi connectivity index (χ3v) is 4.59. The van der Waals surface area contributed by atoms with Gasteiger partial charge in [-0.15, -0.1) is 0 Å². The van der Waals surface area contributed by atoms with Crippen LogP contribution in [0.5, 0.6) is 0 Å². The number of amides is 1. The smallest absolute Gasteiger partial charge is 0.223 e. The van der Waals surface area contributed by atoms with Gasteiger partial charge >= 0.3 is 0 Å².